The summed E-state index contributed by atoms with van der Waals surface area (Å²) in [6, 6.07) is 3.75. The molecule has 1 aromatic heterocycles. The van der Waals surface area contributed by atoms with Gasteiger partial charge in [-0.15, -0.1) is 0 Å². The average molecular weight is 311 g/mol. The first-order valence-corrected chi connectivity index (χ1v) is 6.43. The van der Waals surface area contributed by atoms with E-state index in [-0.39, 0.29) is 11.7 Å². The topological polar surface area (TPSA) is 64.1 Å². The molecule has 0 bridgehead atoms. The van der Waals surface area contributed by atoms with Crippen molar-refractivity contribution in [2.75, 3.05) is 7.11 Å². The molecule has 1 fully saturated rings. The van der Waals surface area contributed by atoms with Crippen molar-refractivity contribution in [3.8, 4) is 0 Å². The highest BCUT2D eigenvalue weighted by Crippen LogP contribution is 2.36. The molecule has 0 radical (unpaired) electrons. The first-order valence-electron chi connectivity index (χ1n) is 5.64. The standard InChI is InChI=1S/C12H11BrN2O3/c1-18-11(16)8-4-6(13)5-9-10(8)14-12(17)15(9)7-2-3-7/h4-5,7H,2-3H2,1H3,(H,14,17). The fourth-order valence-electron chi connectivity index (χ4n) is 2.16. The minimum absolute atomic E-state index is 0.171. The zero-order valence-corrected chi connectivity index (χ0v) is 11.3. The van der Waals surface area contributed by atoms with E-state index in [1.807, 2.05) is 6.07 Å². The van der Waals surface area contributed by atoms with Gasteiger partial charge in [0, 0.05) is 10.5 Å². The van der Waals surface area contributed by atoms with Crippen molar-refractivity contribution in [2.24, 2.45) is 0 Å². The molecular formula is C12H11BrN2O3. The molecular weight excluding hydrogens is 300 g/mol. The molecule has 3 rings (SSSR count). The van der Waals surface area contributed by atoms with Gasteiger partial charge in [0.2, 0.25) is 0 Å². The lowest BCUT2D eigenvalue weighted by atomic mass is 10.2. The number of imidazole rings is 1. The van der Waals surface area contributed by atoms with Crippen LogP contribution in [0, 0.1) is 0 Å². The van der Waals surface area contributed by atoms with Gasteiger partial charge in [-0.05, 0) is 25.0 Å². The van der Waals surface area contributed by atoms with E-state index in [1.165, 1.54) is 7.11 Å². The van der Waals surface area contributed by atoms with Crippen molar-refractivity contribution >= 4 is 32.9 Å². The highest BCUT2D eigenvalue weighted by Gasteiger charge is 2.28. The Morgan fingerprint density at radius 2 is 2.22 bits per heavy atom. The maximum atomic E-state index is 11.9. The third-order valence-corrected chi connectivity index (χ3v) is 3.57. The van der Waals surface area contributed by atoms with Gasteiger partial charge < -0.3 is 9.72 Å². The summed E-state index contributed by atoms with van der Waals surface area (Å²) in [5.41, 5.74) is 1.49. The molecule has 1 aliphatic rings. The smallest absolute Gasteiger partial charge is 0.340 e. The molecule has 0 saturated heterocycles. The molecule has 5 nitrogen and oxygen atoms in total. The molecule has 1 aliphatic carbocycles. The summed E-state index contributed by atoms with van der Waals surface area (Å²) in [5.74, 6) is -0.453. The van der Waals surface area contributed by atoms with E-state index >= 15 is 0 Å². The Morgan fingerprint density at radius 3 is 2.83 bits per heavy atom. The highest BCUT2D eigenvalue weighted by molar-refractivity contribution is 9.10. The van der Waals surface area contributed by atoms with Crippen LogP contribution in [0.3, 0.4) is 0 Å². The monoisotopic (exact) mass is 310 g/mol. The van der Waals surface area contributed by atoms with E-state index in [1.54, 1.807) is 10.6 Å². The lowest BCUT2D eigenvalue weighted by Crippen LogP contribution is -2.14. The van der Waals surface area contributed by atoms with Gasteiger partial charge in [-0.3, -0.25) is 4.57 Å². The number of nitrogens with one attached hydrogen (secondary N) is 1. The number of ether oxygens (including phenoxy) is 1. The summed E-state index contributed by atoms with van der Waals surface area (Å²) in [6.45, 7) is 0. The van der Waals surface area contributed by atoms with Gasteiger partial charge in [0.15, 0.2) is 0 Å². The van der Waals surface area contributed by atoms with Gasteiger partial charge in [0.25, 0.3) is 0 Å². The predicted octanol–water partition coefficient (Wildman–Crippen LogP) is 2.21. The third kappa shape index (κ3) is 1.68. The lowest BCUT2D eigenvalue weighted by molar-refractivity contribution is 0.0602. The summed E-state index contributed by atoms with van der Waals surface area (Å²) in [4.78, 5) is 26.4. The molecule has 0 amide bonds. The van der Waals surface area contributed by atoms with Gasteiger partial charge in [-0.25, -0.2) is 9.59 Å². The second-order valence-electron chi connectivity index (χ2n) is 4.37. The number of hydrogen-bond acceptors (Lipinski definition) is 3. The molecule has 1 heterocycles. The maximum absolute atomic E-state index is 11.9. The van der Waals surface area contributed by atoms with Crippen LogP contribution in [0.4, 0.5) is 0 Å². The van der Waals surface area contributed by atoms with Gasteiger partial charge in [-0.2, -0.15) is 0 Å². The molecule has 0 spiro atoms. The molecule has 0 unspecified atom stereocenters. The van der Waals surface area contributed by atoms with Crippen LogP contribution in [-0.2, 0) is 4.74 Å². The molecule has 2 aromatic rings. The zero-order chi connectivity index (χ0) is 12.9. The minimum Gasteiger partial charge on any atom is -0.465 e. The normalized spacial score (nSPS) is 15.0. The second-order valence-corrected chi connectivity index (χ2v) is 5.29. The van der Waals surface area contributed by atoms with Gasteiger partial charge >= 0.3 is 11.7 Å². The molecule has 0 aliphatic heterocycles. The van der Waals surface area contributed by atoms with Crippen LogP contribution in [0.2, 0.25) is 0 Å². The predicted molar refractivity (Wildman–Crippen MR) is 69.9 cm³/mol. The highest BCUT2D eigenvalue weighted by atomic mass is 79.9. The SMILES string of the molecule is COC(=O)c1cc(Br)cc2c1[nH]c(=O)n2C1CC1. The number of aromatic nitrogens is 2. The van der Waals surface area contributed by atoms with E-state index < -0.39 is 5.97 Å². The van der Waals surface area contributed by atoms with Gasteiger partial charge in [0.05, 0.1) is 23.7 Å². The van der Waals surface area contributed by atoms with E-state index in [0.29, 0.717) is 11.1 Å². The largest absolute Gasteiger partial charge is 0.465 e. The number of halogens is 1. The molecule has 1 aromatic carbocycles. The number of methoxy groups -OCH3 is 1. The molecule has 18 heavy (non-hydrogen) atoms. The Morgan fingerprint density at radius 1 is 1.50 bits per heavy atom. The van der Waals surface area contributed by atoms with E-state index in [9.17, 15) is 9.59 Å². The minimum atomic E-state index is -0.453. The van der Waals surface area contributed by atoms with Crippen LogP contribution in [-0.4, -0.2) is 22.6 Å². The van der Waals surface area contributed by atoms with E-state index in [4.69, 9.17) is 4.74 Å². The number of aromatic amines is 1. The molecule has 94 valence electrons. The number of carbonyl (C=O) groups is 1. The van der Waals surface area contributed by atoms with Crippen LogP contribution in [0.25, 0.3) is 11.0 Å². The number of benzene rings is 1. The summed E-state index contributed by atoms with van der Waals surface area (Å²) >= 11 is 3.36. The molecule has 1 saturated carbocycles. The van der Waals surface area contributed by atoms with Crippen molar-refractivity contribution in [3.05, 3.63) is 32.7 Å². The first kappa shape index (κ1) is 11.5. The van der Waals surface area contributed by atoms with Crippen LogP contribution >= 0.6 is 15.9 Å². The summed E-state index contributed by atoms with van der Waals surface area (Å²) < 4.78 is 7.20. The third-order valence-electron chi connectivity index (χ3n) is 3.11. The number of carbonyl (C=O) groups excluding carboxylic acids is 1. The van der Waals surface area contributed by atoms with Crippen molar-refractivity contribution in [1.29, 1.82) is 0 Å². The van der Waals surface area contributed by atoms with E-state index in [0.717, 1.165) is 22.8 Å². The quantitative estimate of drug-likeness (QED) is 0.865. The summed E-state index contributed by atoms with van der Waals surface area (Å²) in [5, 5.41) is 0. The Balaban J connectivity index is 2.35. The van der Waals surface area contributed by atoms with Crippen LogP contribution in [0.15, 0.2) is 21.4 Å². The zero-order valence-electron chi connectivity index (χ0n) is 9.70. The first-order chi connectivity index (χ1) is 8.61. The Kier molecular flexibility index (Phi) is 2.55. The number of fused-ring (bicyclic) bond motifs is 1. The van der Waals surface area contributed by atoms with Crippen LogP contribution in [0.1, 0.15) is 29.2 Å². The van der Waals surface area contributed by atoms with E-state index in [2.05, 4.69) is 20.9 Å². The number of H-pyrrole nitrogens is 1. The lowest BCUT2D eigenvalue weighted by Gasteiger charge is -2.04. The Bertz CT molecular complexity index is 697. The molecule has 0 atom stereocenters. The van der Waals surface area contributed by atoms with Crippen molar-refractivity contribution in [1.82, 2.24) is 9.55 Å². The average Bonchev–Trinajstić information content (AvgIpc) is 3.11. The number of esters is 1. The van der Waals surface area contributed by atoms with Crippen molar-refractivity contribution in [2.45, 2.75) is 18.9 Å². The number of hydrogen-bond donors (Lipinski definition) is 1. The second kappa shape index (κ2) is 3.98. The Hall–Kier alpha value is -1.56. The van der Waals surface area contributed by atoms with Gasteiger partial charge in [0.1, 0.15) is 0 Å². The maximum Gasteiger partial charge on any atom is 0.340 e. The van der Waals surface area contributed by atoms with Crippen molar-refractivity contribution < 1.29 is 9.53 Å². The summed E-state index contributed by atoms with van der Waals surface area (Å²) in [7, 11) is 1.32. The van der Waals surface area contributed by atoms with Crippen LogP contribution < -0.4 is 5.69 Å². The van der Waals surface area contributed by atoms with Crippen LogP contribution in [0.5, 0.6) is 0 Å². The molecule has 6 heteroatoms. The number of rotatable bonds is 2. The number of nitrogens with zero attached hydrogens (tertiary/aromatic N) is 1. The fraction of sp³-hybridized carbons (Fsp3) is 0.333. The fourth-order valence-corrected chi connectivity index (χ4v) is 2.60. The van der Waals surface area contributed by atoms with Crippen molar-refractivity contribution in [3.63, 3.8) is 0 Å². The summed E-state index contributed by atoms with van der Waals surface area (Å²) in [6.07, 6.45) is 2.01. The molecule has 1 N–H and O–H groups in total. The van der Waals surface area contributed by atoms with Gasteiger partial charge in [-0.1, -0.05) is 15.9 Å². The Labute approximate surface area is 111 Å².